The second-order valence-electron chi connectivity index (χ2n) is 5.92. The average molecular weight is 313 g/mol. The molecule has 3 heterocycles. The molecule has 3 rings (SSSR count). The molecule has 0 bridgehead atoms. The Morgan fingerprint density at radius 2 is 2.00 bits per heavy atom. The van der Waals surface area contributed by atoms with Gasteiger partial charge in [-0.3, -0.25) is 4.90 Å². The fourth-order valence-electron chi connectivity index (χ4n) is 3.32. The molecule has 2 aliphatic rings. The zero-order valence-corrected chi connectivity index (χ0v) is 13.0. The number of aliphatic hydroxyl groups excluding tert-OH is 1. The van der Waals surface area contributed by atoms with Gasteiger partial charge in [0.15, 0.2) is 0 Å². The molecule has 2 aliphatic heterocycles. The van der Waals surface area contributed by atoms with Crippen molar-refractivity contribution in [2.75, 3.05) is 26.2 Å². The van der Waals surface area contributed by atoms with Gasteiger partial charge in [0.25, 0.3) is 0 Å². The van der Waals surface area contributed by atoms with Crippen LogP contribution in [-0.2, 0) is 16.6 Å². The van der Waals surface area contributed by atoms with Crippen LogP contribution in [-0.4, -0.2) is 59.9 Å². The molecule has 0 aromatic carbocycles. The van der Waals surface area contributed by atoms with E-state index in [1.165, 1.54) is 31.5 Å². The maximum atomic E-state index is 12.6. The van der Waals surface area contributed by atoms with Gasteiger partial charge in [-0.1, -0.05) is 6.42 Å². The highest BCUT2D eigenvalue weighted by atomic mass is 32.2. The Hall–Kier alpha value is -0.890. The van der Waals surface area contributed by atoms with Crippen molar-refractivity contribution in [3.63, 3.8) is 0 Å². The molecule has 118 valence electrons. The summed E-state index contributed by atoms with van der Waals surface area (Å²) in [4.78, 5) is 5.49. The molecule has 0 radical (unpaired) electrons. The van der Waals surface area contributed by atoms with Crippen LogP contribution in [0.15, 0.2) is 17.2 Å². The van der Waals surface area contributed by atoms with Crippen molar-refractivity contribution in [2.24, 2.45) is 0 Å². The lowest BCUT2D eigenvalue weighted by molar-refractivity contribution is 0.169. The Balaban J connectivity index is 1.69. The SMILES string of the molecule is O=S(=O)(c1c[nH]c(CO)c1)N1CCC(N2CCCCC2)C1. The van der Waals surface area contributed by atoms with Crippen molar-refractivity contribution in [3.05, 3.63) is 18.0 Å². The number of aromatic nitrogens is 1. The minimum atomic E-state index is -3.44. The van der Waals surface area contributed by atoms with Gasteiger partial charge in [-0.25, -0.2) is 8.42 Å². The molecule has 2 fully saturated rings. The lowest BCUT2D eigenvalue weighted by atomic mass is 10.1. The largest absolute Gasteiger partial charge is 0.390 e. The second kappa shape index (κ2) is 6.08. The summed E-state index contributed by atoms with van der Waals surface area (Å²) in [6, 6.07) is 1.88. The van der Waals surface area contributed by atoms with Crippen LogP contribution in [0.2, 0.25) is 0 Å². The van der Waals surface area contributed by atoms with Gasteiger partial charge in [-0.15, -0.1) is 0 Å². The molecular formula is C14H23N3O3S. The van der Waals surface area contributed by atoms with E-state index in [2.05, 4.69) is 9.88 Å². The standard InChI is InChI=1S/C14H23N3O3S/c18-11-12-8-14(9-15-12)21(19,20)17-7-4-13(10-17)16-5-2-1-3-6-16/h8-9,13,15,18H,1-7,10-11H2. The van der Waals surface area contributed by atoms with E-state index in [-0.39, 0.29) is 11.5 Å². The van der Waals surface area contributed by atoms with E-state index in [1.54, 1.807) is 4.31 Å². The summed E-state index contributed by atoms with van der Waals surface area (Å²) in [7, 11) is -3.44. The molecule has 0 spiro atoms. The molecule has 2 N–H and O–H groups in total. The molecule has 1 atom stereocenters. The van der Waals surface area contributed by atoms with Gasteiger partial charge in [0, 0.05) is 31.0 Å². The number of H-pyrrole nitrogens is 1. The maximum Gasteiger partial charge on any atom is 0.244 e. The lowest BCUT2D eigenvalue weighted by Gasteiger charge is -2.32. The van der Waals surface area contributed by atoms with E-state index >= 15 is 0 Å². The average Bonchev–Trinajstić information content (AvgIpc) is 3.18. The van der Waals surface area contributed by atoms with E-state index in [0.29, 0.717) is 24.8 Å². The second-order valence-corrected chi connectivity index (χ2v) is 7.86. The highest BCUT2D eigenvalue weighted by Crippen LogP contribution is 2.25. The number of likely N-dealkylation sites (tertiary alicyclic amines) is 1. The molecule has 0 amide bonds. The predicted molar refractivity (Wildman–Crippen MR) is 79.3 cm³/mol. The van der Waals surface area contributed by atoms with E-state index in [9.17, 15) is 8.42 Å². The zero-order chi connectivity index (χ0) is 14.9. The van der Waals surface area contributed by atoms with Crippen molar-refractivity contribution in [1.29, 1.82) is 0 Å². The maximum absolute atomic E-state index is 12.6. The quantitative estimate of drug-likeness (QED) is 0.860. The highest BCUT2D eigenvalue weighted by molar-refractivity contribution is 7.89. The Morgan fingerprint density at radius 1 is 1.24 bits per heavy atom. The van der Waals surface area contributed by atoms with Gasteiger partial charge < -0.3 is 10.1 Å². The third-order valence-electron chi connectivity index (χ3n) is 4.56. The van der Waals surface area contributed by atoms with Gasteiger partial charge in [0.2, 0.25) is 10.0 Å². The van der Waals surface area contributed by atoms with Crippen LogP contribution in [0.3, 0.4) is 0 Å². The van der Waals surface area contributed by atoms with Crippen molar-refractivity contribution < 1.29 is 13.5 Å². The first kappa shape index (κ1) is 15.0. The summed E-state index contributed by atoms with van der Waals surface area (Å²) < 4.78 is 26.8. The van der Waals surface area contributed by atoms with Crippen LogP contribution in [0.5, 0.6) is 0 Å². The molecule has 0 saturated carbocycles. The number of hydrogen-bond donors (Lipinski definition) is 2. The van der Waals surface area contributed by atoms with E-state index in [4.69, 9.17) is 5.11 Å². The first-order valence-corrected chi connectivity index (χ1v) is 9.07. The molecule has 1 aromatic heterocycles. The summed E-state index contributed by atoms with van der Waals surface area (Å²) in [5.41, 5.74) is 0.528. The molecular weight excluding hydrogens is 290 g/mol. The summed E-state index contributed by atoms with van der Waals surface area (Å²) in [6.45, 7) is 3.19. The monoisotopic (exact) mass is 313 g/mol. The summed E-state index contributed by atoms with van der Waals surface area (Å²) in [5.74, 6) is 0. The van der Waals surface area contributed by atoms with E-state index < -0.39 is 10.0 Å². The van der Waals surface area contributed by atoms with Crippen LogP contribution in [0.25, 0.3) is 0 Å². The predicted octanol–water partition coefficient (Wildman–Crippen LogP) is 0.756. The molecule has 0 aliphatic carbocycles. The number of rotatable bonds is 4. The van der Waals surface area contributed by atoms with Crippen molar-refractivity contribution in [1.82, 2.24) is 14.2 Å². The van der Waals surface area contributed by atoms with E-state index in [1.807, 2.05) is 0 Å². The minimum Gasteiger partial charge on any atom is -0.390 e. The summed E-state index contributed by atoms with van der Waals surface area (Å²) >= 11 is 0. The first-order chi connectivity index (χ1) is 10.1. The fourth-order valence-corrected chi connectivity index (χ4v) is 4.83. The zero-order valence-electron chi connectivity index (χ0n) is 12.2. The van der Waals surface area contributed by atoms with Gasteiger partial charge in [0.05, 0.1) is 11.5 Å². The summed E-state index contributed by atoms with van der Waals surface area (Å²) in [5, 5.41) is 9.05. The van der Waals surface area contributed by atoms with Gasteiger partial charge >= 0.3 is 0 Å². The third kappa shape index (κ3) is 3.01. The van der Waals surface area contributed by atoms with Crippen LogP contribution in [0.1, 0.15) is 31.4 Å². The topological polar surface area (TPSA) is 76.6 Å². The van der Waals surface area contributed by atoms with Gasteiger partial charge in [-0.05, 0) is 38.4 Å². The highest BCUT2D eigenvalue weighted by Gasteiger charge is 2.35. The Kier molecular flexibility index (Phi) is 4.35. The number of aromatic amines is 1. The van der Waals surface area contributed by atoms with Gasteiger partial charge in [-0.2, -0.15) is 4.31 Å². The van der Waals surface area contributed by atoms with Crippen molar-refractivity contribution in [3.8, 4) is 0 Å². The lowest BCUT2D eigenvalue weighted by Crippen LogP contribution is -2.41. The minimum absolute atomic E-state index is 0.175. The molecule has 21 heavy (non-hydrogen) atoms. The molecule has 2 saturated heterocycles. The summed E-state index contributed by atoms with van der Waals surface area (Å²) in [6.07, 6.45) is 6.12. The third-order valence-corrected chi connectivity index (χ3v) is 6.40. The number of hydrogen-bond acceptors (Lipinski definition) is 4. The molecule has 1 aromatic rings. The number of nitrogens with one attached hydrogen (secondary N) is 1. The Morgan fingerprint density at radius 3 is 2.67 bits per heavy atom. The normalized spacial score (nSPS) is 25.5. The number of piperidine rings is 1. The van der Waals surface area contributed by atoms with Crippen LogP contribution < -0.4 is 0 Å². The molecule has 6 nitrogen and oxygen atoms in total. The first-order valence-electron chi connectivity index (χ1n) is 7.63. The van der Waals surface area contributed by atoms with Crippen LogP contribution in [0.4, 0.5) is 0 Å². The van der Waals surface area contributed by atoms with E-state index in [0.717, 1.165) is 19.5 Å². The van der Waals surface area contributed by atoms with Crippen molar-refractivity contribution in [2.45, 2.75) is 43.2 Å². The number of sulfonamides is 1. The van der Waals surface area contributed by atoms with Crippen molar-refractivity contribution >= 4 is 10.0 Å². The fraction of sp³-hybridized carbons (Fsp3) is 0.714. The number of aliphatic hydroxyl groups is 1. The van der Waals surface area contributed by atoms with Crippen LogP contribution >= 0.6 is 0 Å². The Bertz CT molecular complexity index is 578. The molecule has 7 heteroatoms. The van der Waals surface area contributed by atoms with Gasteiger partial charge in [0.1, 0.15) is 0 Å². The van der Waals surface area contributed by atoms with Crippen LogP contribution in [0, 0.1) is 0 Å². The molecule has 1 unspecified atom stereocenters. The smallest absolute Gasteiger partial charge is 0.244 e. The number of nitrogens with zero attached hydrogens (tertiary/aromatic N) is 2. The Labute approximate surface area is 125 Å².